The summed E-state index contributed by atoms with van der Waals surface area (Å²) in [6.07, 6.45) is 0.802. The number of nitrogens with zero attached hydrogens (tertiary/aromatic N) is 1. The zero-order chi connectivity index (χ0) is 15.2. The van der Waals surface area contributed by atoms with Crippen LogP contribution >= 0.6 is 0 Å². The van der Waals surface area contributed by atoms with Gasteiger partial charge in [0.1, 0.15) is 5.54 Å². The van der Waals surface area contributed by atoms with Crippen LogP contribution in [0.5, 0.6) is 0 Å². The van der Waals surface area contributed by atoms with E-state index in [-0.39, 0.29) is 11.8 Å². The smallest absolute Gasteiger partial charge is 0.252 e. The fourth-order valence-corrected chi connectivity index (χ4v) is 3.36. The molecule has 0 aromatic heterocycles. The summed E-state index contributed by atoms with van der Waals surface area (Å²) in [5.41, 5.74) is 0.876. The van der Waals surface area contributed by atoms with Gasteiger partial charge < -0.3 is 9.84 Å². The summed E-state index contributed by atoms with van der Waals surface area (Å²) in [5.74, 6) is -0.0124. The molecule has 1 aromatic rings. The molecule has 3 rings (SSSR count). The van der Waals surface area contributed by atoms with Gasteiger partial charge in [-0.3, -0.25) is 9.69 Å². The van der Waals surface area contributed by atoms with E-state index in [1.165, 1.54) is 0 Å². The molecule has 2 aliphatic heterocycles. The van der Waals surface area contributed by atoms with Gasteiger partial charge in [-0.2, -0.15) is 0 Å². The van der Waals surface area contributed by atoms with Gasteiger partial charge in [-0.1, -0.05) is 44.2 Å². The lowest BCUT2D eigenvalue weighted by atomic mass is 9.86. The highest BCUT2D eigenvalue weighted by Gasteiger charge is 2.57. The highest BCUT2D eigenvalue weighted by Crippen LogP contribution is 2.46. The summed E-state index contributed by atoms with van der Waals surface area (Å²) in [4.78, 5) is 14.3. The number of carbonyl (C=O) groups is 1. The minimum absolute atomic E-state index is 0.0422. The van der Waals surface area contributed by atoms with E-state index in [1.807, 2.05) is 50.3 Å². The Morgan fingerprint density at radius 1 is 1.33 bits per heavy atom. The Labute approximate surface area is 125 Å². The van der Waals surface area contributed by atoms with Gasteiger partial charge in [-0.25, -0.2) is 0 Å². The van der Waals surface area contributed by atoms with Crippen molar-refractivity contribution >= 4 is 5.91 Å². The first-order chi connectivity index (χ1) is 9.97. The van der Waals surface area contributed by atoms with Crippen LogP contribution in [0.15, 0.2) is 42.0 Å². The number of hydrogen-bond donors (Lipinski definition) is 1. The van der Waals surface area contributed by atoms with E-state index in [9.17, 15) is 9.90 Å². The molecule has 2 heterocycles. The van der Waals surface area contributed by atoms with Crippen LogP contribution in [-0.4, -0.2) is 34.2 Å². The standard InChI is InChI=1S/C17H21NO3/c1-11(2)14(19)17-9-12(3)15(20)18(17)16(21-10-17)13-7-5-4-6-8-13/h4-9,11,14,16,19H,10H2,1-3H3/t14-,16+,17+/m0/s1. The monoisotopic (exact) mass is 287 g/mol. The molecule has 0 spiro atoms. The van der Waals surface area contributed by atoms with E-state index in [4.69, 9.17) is 4.74 Å². The first-order valence-electron chi connectivity index (χ1n) is 7.35. The Balaban J connectivity index is 2.03. The molecular weight excluding hydrogens is 266 g/mol. The molecule has 1 fully saturated rings. The maximum Gasteiger partial charge on any atom is 0.252 e. The van der Waals surface area contributed by atoms with Crippen molar-refractivity contribution in [2.45, 2.75) is 38.6 Å². The quantitative estimate of drug-likeness (QED) is 0.927. The predicted octanol–water partition coefficient (Wildman–Crippen LogP) is 2.26. The van der Waals surface area contributed by atoms with Crippen molar-refractivity contribution in [1.82, 2.24) is 4.90 Å². The van der Waals surface area contributed by atoms with Crippen molar-refractivity contribution < 1.29 is 14.6 Å². The Hall–Kier alpha value is -1.65. The van der Waals surface area contributed by atoms with Gasteiger partial charge in [0.15, 0.2) is 6.23 Å². The molecule has 2 aliphatic rings. The number of aliphatic hydroxyl groups excluding tert-OH is 1. The lowest BCUT2D eigenvalue weighted by Crippen LogP contribution is -2.54. The van der Waals surface area contributed by atoms with Gasteiger partial charge >= 0.3 is 0 Å². The average molecular weight is 287 g/mol. The number of hydrogen-bond acceptors (Lipinski definition) is 3. The Morgan fingerprint density at radius 3 is 2.62 bits per heavy atom. The van der Waals surface area contributed by atoms with E-state index in [0.29, 0.717) is 12.2 Å². The third kappa shape index (κ3) is 2.01. The number of ether oxygens (including phenoxy) is 1. The van der Waals surface area contributed by atoms with Gasteiger partial charge in [0.05, 0.1) is 12.7 Å². The molecule has 0 radical (unpaired) electrons. The van der Waals surface area contributed by atoms with Crippen LogP contribution in [-0.2, 0) is 9.53 Å². The molecule has 4 heteroatoms. The summed E-state index contributed by atoms with van der Waals surface area (Å²) >= 11 is 0. The van der Waals surface area contributed by atoms with Crippen molar-refractivity contribution in [2.75, 3.05) is 6.61 Å². The van der Waals surface area contributed by atoms with Crippen LogP contribution < -0.4 is 0 Å². The molecule has 4 nitrogen and oxygen atoms in total. The Bertz CT molecular complexity index is 581. The third-order valence-electron chi connectivity index (χ3n) is 4.41. The van der Waals surface area contributed by atoms with Crippen molar-refractivity contribution in [3.8, 4) is 0 Å². The first-order valence-corrected chi connectivity index (χ1v) is 7.35. The molecule has 3 atom stereocenters. The second-order valence-electron chi connectivity index (χ2n) is 6.26. The van der Waals surface area contributed by atoms with E-state index in [0.717, 1.165) is 5.56 Å². The third-order valence-corrected chi connectivity index (χ3v) is 4.41. The minimum Gasteiger partial charge on any atom is -0.390 e. The van der Waals surface area contributed by atoms with Gasteiger partial charge in [-0.15, -0.1) is 0 Å². The zero-order valence-electron chi connectivity index (χ0n) is 12.6. The molecule has 0 aliphatic carbocycles. The van der Waals surface area contributed by atoms with Crippen LogP contribution in [0.2, 0.25) is 0 Å². The van der Waals surface area contributed by atoms with E-state index < -0.39 is 17.9 Å². The molecule has 0 saturated carbocycles. The molecule has 1 N–H and O–H groups in total. The van der Waals surface area contributed by atoms with E-state index in [2.05, 4.69) is 0 Å². The normalized spacial score (nSPS) is 29.8. The van der Waals surface area contributed by atoms with Gasteiger partial charge in [0.2, 0.25) is 0 Å². The number of fused-ring (bicyclic) bond motifs is 1. The zero-order valence-corrected chi connectivity index (χ0v) is 12.6. The van der Waals surface area contributed by atoms with Crippen LogP contribution in [0, 0.1) is 5.92 Å². The molecule has 0 unspecified atom stereocenters. The second kappa shape index (κ2) is 4.97. The number of carbonyl (C=O) groups excluding carboxylic acids is 1. The molecule has 112 valence electrons. The fourth-order valence-electron chi connectivity index (χ4n) is 3.36. The van der Waals surface area contributed by atoms with E-state index >= 15 is 0 Å². The van der Waals surface area contributed by atoms with Crippen LogP contribution in [0.4, 0.5) is 0 Å². The summed E-state index contributed by atoms with van der Waals surface area (Å²) in [7, 11) is 0. The van der Waals surface area contributed by atoms with Gasteiger partial charge in [-0.05, 0) is 18.9 Å². The summed E-state index contributed by atoms with van der Waals surface area (Å²) in [6.45, 7) is 6.05. The van der Waals surface area contributed by atoms with Crippen LogP contribution in [0.1, 0.15) is 32.6 Å². The van der Waals surface area contributed by atoms with Crippen molar-refractivity contribution in [3.63, 3.8) is 0 Å². The Morgan fingerprint density at radius 2 is 2.00 bits per heavy atom. The number of rotatable bonds is 3. The maximum atomic E-state index is 12.6. The van der Waals surface area contributed by atoms with Crippen molar-refractivity contribution in [3.05, 3.63) is 47.5 Å². The molecule has 0 bridgehead atoms. The molecular formula is C17H21NO3. The summed E-state index contributed by atoms with van der Waals surface area (Å²) in [5, 5.41) is 10.7. The maximum absolute atomic E-state index is 12.6. The van der Waals surface area contributed by atoms with Gasteiger partial charge in [0, 0.05) is 11.1 Å². The highest BCUT2D eigenvalue weighted by atomic mass is 16.5. The summed E-state index contributed by atoms with van der Waals surface area (Å²) in [6, 6.07) is 9.69. The van der Waals surface area contributed by atoms with Crippen molar-refractivity contribution in [1.29, 1.82) is 0 Å². The molecule has 21 heavy (non-hydrogen) atoms. The predicted molar refractivity (Wildman–Crippen MR) is 79.3 cm³/mol. The van der Waals surface area contributed by atoms with Crippen LogP contribution in [0.25, 0.3) is 0 Å². The van der Waals surface area contributed by atoms with Gasteiger partial charge in [0.25, 0.3) is 5.91 Å². The highest BCUT2D eigenvalue weighted by molar-refractivity contribution is 5.97. The number of benzene rings is 1. The average Bonchev–Trinajstić information content (AvgIpc) is 2.97. The second-order valence-corrected chi connectivity index (χ2v) is 6.26. The van der Waals surface area contributed by atoms with E-state index in [1.54, 1.807) is 11.8 Å². The van der Waals surface area contributed by atoms with Crippen molar-refractivity contribution in [2.24, 2.45) is 5.92 Å². The van der Waals surface area contributed by atoms with Crippen LogP contribution in [0.3, 0.4) is 0 Å². The lowest BCUT2D eigenvalue weighted by molar-refractivity contribution is -0.137. The number of amides is 1. The summed E-state index contributed by atoms with van der Waals surface area (Å²) < 4.78 is 5.90. The molecule has 1 saturated heterocycles. The molecule has 1 amide bonds. The fraction of sp³-hybridized carbons (Fsp3) is 0.471. The largest absolute Gasteiger partial charge is 0.390 e. The SMILES string of the molecule is CC1=C[C@]2([C@@H](O)C(C)C)CO[C@H](c3ccccc3)N2C1=O. The minimum atomic E-state index is -0.740. The first kappa shape index (κ1) is 14.3. The lowest BCUT2D eigenvalue weighted by Gasteiger charge is -2.37. The Kier molecular flexibility index (Phi) is 3.38. The molecule has 1 aromatic carbocycles. The topological polar surface area (TPSA) is 49.8 Å². The number of aliphatic hydroxyl groups is 1.